The van der Waals surface area contributed by atoms with Crippen LogP contribution in [0.2, 0.25) is 0 Å². The second-order valence-electron chi connectivity index (χ2n) is 5.95. The van der Waals surface area contributed by atoms with Crippen LogP contribution in [0, 0.1) is 5.41 Å². The lowest BCUT2D eigenvalue weighted by atomic mass is 9.87. The van der Waals surface area contributed by atoms with E-state index in [-0.39, 0.29) is 17.7 Å². The van der Waals surface area contributed by atoms with Crippen molar-refractivity contribution in [3.63, 3.8) is 0 Å². The average Bonchev–Trinajstić information content (AvgIpc) is 2.27. The van der Waals surface area contributed by atoms with Gasteiger partial charge in [-0.2, -0.15) is 0 Å². The summed E-state index contributed by atoms with van der Waals surface area (Å²) >= 11 is 0. The van der Waals surface area contributed by atoms with Gasteiger partial charge in [-0.3, -0.25) is 9.59 Å². The van der Waals surface area contributed by atoms with Gasteiger partial charge in [-0.25, -0.2) is 0 Å². The molecule has 1 aliphatic rings. The fourth-order valence-electron chi connectivity index (χ4n) is 1.73. The van der Waals surface area contributed by atoms with Crippen molar-refractivity contribution in [1.29, 1.82) is 0 Å². The first-order valence-corrected chi connectivity index (χ1v) is 6.51. The molecule has 0 aromatic heterocycles. The molecule has 0 bridgehead atoms. The second kappa shape index (κ2) is 6.19. The highest BCUT2D eigenvalue weighted by atomic mass is 16.5. The second-order valence-corrected chi connectivity index (χ2v) is 5.95. The number of morpholine rings is 1. The topological polar surface area (TPSA) is 66.8 Å². The molecular formula is C14H23NO4. The first-order chi connectivity index (χ1) is 8.70. The molecule has 19 heavy (non-hydrogen) atoms. The highest BCUT2D eigenvalue weighted by molar-refractivity contribution is 5.88. The predicted molar refractivity (Wildman–Crippen MR) is 71.8 cm³/mol. The molecule has 0 unspecified atom stereocenters. The smallest absolute Gasteiger partial charge is 0.306 e. The minimum absolute atomic E-state index is 0.0393. The van der Waals surface area contributed by atoms with Crippen LogP contribution in [0.25, 0.3) is 0 Å². The Morgan fingerprint density at radius 3 is 2.58 bits per heavy atom. The molecule has 0 aromatic carbocycles. The van der Waals surface area contributed by atoms with Gasteiger partial charge in [-0.05, 0) is 12.3 Å². The number of carbonyl (C=O) groups excluding carboxylic acids is 1. The number of hydrogen-bond donors (Lipinski definition) is 1. The van der Waals surface area contributed by atoms with Gasteiger partial charge in [0.25, 0.3) is 0 Å². The number of carboxylic acid groups (broad SMARTS) is 1. The van der Waals surface area contributed by atoms with Crippen molar-refractivity contribution in [1.82, 2.24) is 4.90 Å². The molecule has 1 atom stereocenters. The number of nitrogens with zero attached hydrogens (tertiary/aromatic N) is 1. The molecule has 0 aliphatic carbocycles. The Morgan fingerprint density at radius 1 is 1.42 bits per heavy atom. The third-order valence-electron chi connectivity index (χ3n) is 3.38. The van der Waals surface area contributed by atoms with Gasteiger partial charge in [0.15, 0.2) is 0 Å². The molecule has 0 saturated carbocycles. The first kappa shape index (κ1) is 15.7. The van der Waals surface area contributed by atoms with E-state index in [4.69, 9.17) is 9.84 Å². The van der Waals surface area contributed by atoms with E-state index >= 15 is 0 Å². The number of aliphatic carboxylic acids is 1. The van der Waals surface area contributed by atoms with Gasteiger partial charge in [0.1, 0.15) is 0 Å². The minimum atomic E-state index is -0.902. The number of amides is 1. The van der Waals surface area contributed by atoms with Crippen molar-refractivity contribution in [2.75, 3.05) is 19.7 Å². The zero-order chi connectivity index (χ0) is 14.6. The summed E-state index contributed by atoms with van der Waals surface area (Å²) in [6, 6.07) is 0. The summed E-state index contributed by atoms with van der Waals surface area (Å²) in [7, 11) is 0. The monoisotopic (exact) mass is 269 g/mol. The van der Waals surface area contributed by atoms with E-state index < -0.39 is 12.1 Å². The Labute approximate surface area is 114 Å². The molecule has 0 aromatic rings. The quantitative estimate of drug-likeness (QED) is 0.792. The minimum Gasteiger partial charge on any atom is -0.481 e. The van der Waals surface area contributed by atoms with Crippen molar-refractivity contribution in [2.45, 2.75) is 40.2 Å². The molecule has 1 amide bonds. The standard InChI is InChI=1S/C14H23NO4/c1-10(14(2,3)4)7-12(16)15-5-6-19-11(9-15)8-13(17)18/h7,11H,5-6,8-9H2,1-4H3,(H,17,18)/b10-7+/t11-/m0/s1. The number of rotatable bonds is 3. The lowest BCUT2D eigenvalue weighted by Gasteiger charge is -2.32. The van der Waals surface area contributed by atoms with Crippen molar-refractivity contribution >= 4 is 11.9 Å². The third-order valence-corrected chi connectivity index (χ3v) is 3.38. The van der Waals surface area contributed by atoms with Crippen molar-refractivity contribution in [3.05, 3.63) is 11.6 Å². The van der Waals surface area contributed by atoms with Crippen LogP contribution in [0.15, 0.2) is 11.6 Å². The summed E-state index contributed by atoms with van der Waals surface area (Å²) in [4.78, 5) is 24.5. The predicted octanol–water partition coefficient (Wildman–Crippen LogP) is 1.68. The zero-order valence-corrected chi connectivity index (χ0v) is 12.1. The molecule has 1 fully saturated rings. The normalized spacial score (nSPS) is 21.4. The fraction of sp³-hybridized carbons (Fsp3) is 0.714. The first-order valence-electron chi connectivity index (χ1n) is 6.51. The summed E-state index contributed by atoms with van der Waals surface area (Å²) in [5, 5.41) is 8.75. The Hall–Kier alpha value is -1.36. The maximum Gasteiger partial charge on any atom is 0.306 e. The van der Waals surface area contributed by atoms with Gasteiger partial charge >= 0.3 is 5.97 Å². The number of hydrogen-bond acceptors (Lipinski definition) is 3. The molecule has 1 rings (SSSR count). The summed E-state index contributed by atoms with van der Waals surface area (Å²) < 4.78 is 5.35. The SMILES string of the molecule is C/C(=C\C(=O)N1CCO[C@@H](CC(=O)O)C1)C(C)(C)C. The largest absolute Gasteiger partial charge is 0.481 e. The summed E-state index contributed by atoms with van der Waals surface area (Å²) in [6.45, 7) is 9.36. The molecule has 5 nitrogen and oxygen atoms in total. The average molecular weight is 269 g/mol. The van der Waals surface area contributed by atoms with Crippen LogP contribution < -0.4 is 0 Å². The fourth-order valence-corrected chi connectivity index (χ4v) is 1.73. The highest BCUT2D eigenvalue weighted by Crippen LogP contribution is 2.24. The van der Waals surface area contributed by atoms with Crippen LogP contribution in [-0.2, 0) is 14.3 Å². The maximum atomic E-state index is 12.1. The number of allylic oxidation sites excluding steroid dienone is 1. The third kappa shape index (κ3) is 5.03. The molecule has 5 heteroatoms. The number of ether oxygens (including phenoxy) is 1. The molecule has 0 radical (unpaired) electrons. The van der Waals surface area contributed by atoms with Crippen molar-refractivity contribution in [3.8, 4) is 0 Å². The number of carbonyl (C=O) groups is 2. The molecule has 1 saturated heterocycles. The Morgan fingerprint density at radius 2 is 2.05 bits per heavy atom. The summed E-state index contributed by atoms with van der Waals surface area (Å²) in [5.74, 6) is -0.966. The lowest BCUT2D eigenvalue weighted by molar-refractivity contribution is -0.145. The van der Waals surface area contributed by atoms with Gasteiger partial charge in [0.05, 0.1) is 19.1 Å². The Balaban J connectivity index is 2.65. The van der Waals surface area contributed by atoms with E-state index in [1.165, 1.54) is 0 Å². The van der Waals surface area contributed by atoms with Crippen molar-refractivity contribution in [2.24, 2.45) is 5.41 Å². The van der Waals surface area contributed by atoms with Crippen LogP contribution in [0.1, 0.15) is 34.1 Å². The van der Waals surface area contributed by atoms with E-state index in [9.17, 15) is 9.59 Å². The van der Waals surface area contributed by atoms with Gasteiger partial charge in [-0.1, -0.05) is 26.3 Å². The molecular weight excluding hydrogens is 246 g/mol. The van der Waals surface area contributed by atoms with E-state index in [0.29, 0.717) is 19.7 Å². The molecule has 1 heterocycles. The van der Waals surface area contributed by atoms with E-state index in [1.54, 1.807) is 11.0 Å². The van der Waals surface area contributed by atoms with E-state index in [2.05, 4.69) is 20.8 Å². The molecule has 1 aliphatic heterocycles. The van der Waals surface area contributed by atoms with Crippen LogP contribution >= 0.6 is 0 Å². The number of carboxylic acids is 1. The van der Waals surface area contributed by atoms with Crippen LogP contribution in [0.4, 0.5) is 0 Å². The van der Waals surface area contributed by atoms with Crippen LogP contribution in [-0.4, -0.2) is 47.7 Å². The van der Waals surface area contributed by atoms with Crippen molar-refractivity contribution < 1.29 is 19.4 Å². The molecule has 0 spiro atoms. The van der Waals surface area contributed by atoms with E-state index in [0.717, 1.165) is 5.57 Å². The maximum absolute atomic E-state index is 12.1. The van der Waals surface area contributed by atoms with Gasteiger partial charge in [-0.15, -0.1) is 0 Å². The lowest BCUT2D eigenvalue weighted by Crippen LogP contribution is -2.45. The molecule has 108 valence electrons. The Kier molecular flexibility index (Phi) is 5.11. The van der Waals surface area contributed by atoms with Crippen LogP contribution in [0.3, 0.4) is 0 Å². The van der Waals surface area contributed by atoms with E-state index in [1.807, 2.05) is 6.92 Å². The van der Waals surface area contributed by atoms with Gasteiger partial charge < -0.3 is 14.7 Å². The Bertz CT molecular complexity index is 381. The summed E-state index contributed by atoms with van der Waals surface area (Å²) in [6.07, 6.45) is 1.17. The highest BCUT2D eigenvalue weighted by Gasteiger charge is 2.25. The molecule has 1 N–H and O–H groups in total. The summed E-state index contributed by atoms with van der Waals surface area (Å²) in [5.41, 5.74) is 0.973. The van der Waals surface area contributed by atoms with Gasteiger partial charge in [0.2, 0.25) is 5.91 Å². The van der Waals surface area contributed by atoms with Crippen LogP contribution in [0.5, 0.6) is 0 Å². The zero-order valence-electron chi connectivity index (χ0n) is 12.1. The van der Waals surface area contributed by atoms with Gasteiger partial charge in [0, 0.05) is 19.2 Å².